The van der Waals surface area contributed by atoms with Crippen molar-refractivity contribution < 1.29 is 33.2 Å². The van der Waals surface area contributed by atoms with Gasteiger partial charge in [0.25, 0.3) is 0 Å². The second-order valence-corrected chi connectivity index (χ2v) is 4.92. The van der Waals surface area contributed by atoms with Gasteiger partial charge in [0.1, 0.15) is 24.1 Å². The highest BCUT2D eigenvalue weighted by molar-refractivity contribution is 5.24. The summed E-state index contributed by atoms with van der Waals surface area (Å²) in [6.45, 7) is -0.838. The molecule has 1 aromatic heterocycles. The van der Waals surface area contributed by atoms with Gasteiger partial charge >= 0.3 is 11.9 Å². The Balaban J connectivity index is 2.59. The Morgan fingerprint density at radius 2 is 2.09 bits per heavy atom. The Morgan fingerprint density at radius 1 is 1.45 bits per heavy atom. The van der Waals surface area contributed by atoms with E-state index in [1.807, 2.05) is 0 Å². The normalized spacial score (nSPS) is 32.4. The van der Waals surface area contributed by atoms with E-state index >= 15 is 0 Å². The smallest absolute Gasteiger partial charge is 0.393 e. The van der Waals surface area contributed by atoms with Crippen molar-refractivity contribution in [3.05, 3.63) is 22.7 Å². The van der Waals surface area contributed by atoms with Crippen LogP contribution in [0.2, 0.25) is 0 Å². The highest BCUT2D eigenvalue weighted by Crippen LogP contribution is 2.42. The zero-order valence-electron chi connectivity index (χ0n) is 11.1. The van der Waals surface area contributed by atoms with Crippen molar-refractivity contribution in [3.63, 3.8) is 0 Å². The van der Waals surface area contributed by atoms with Gasteiger partial charge in [-0.05, 0) is 6.07 Å². The fourth-order valence-corrected chi connectivity index (χ4v) is 2.44. The number of hydrogen-bond acceptors (Lipinski definition) is 7. The predicted molar refractivity (Wildman–Crippen MR) is 65.5 cm³/mol. The highest BCUT2D eigenvalue weighted by atomic mass is 19.4. The third-order valence-electron chi connectivity index (χ3n) is 3.39. The quantitative estimate of drug-likeness (QED) is 0.534. The predicted octanol–water partition coefficient (Wildman–Crippen LogP) is -1.46. The van der Waals surface area contributed by atoms with E-state index in [0.29, 0.717) is 4.57 Å². The van der Waals surface area contributed by atoms with Crippen molar-refractivity contribution in [2.24, 2.45) is 0 Å². The molecule has 1 fully saturated rings. The van der Waals surface area contributed by atoms with Crippen molar-refractivity contribution in [3.8, 4) is 0 Å². The van der Waals surface area contributed by atoms with Crippen LogP contribution in [0.4, 0.5) is 19.0 Å². The molecule has 124 valence electrons. The Kier molecular flexibility index (Phi) is 4.17. The van der Waals surface area contributed by atoms with Crippen LogP contribution in [-0.2, 0) is 10.5 Å². The Labute approximate surface area is 121 Å². The molecule has 0 unspecified atom stereocenters. The topological polar surface area (TPSA) is 131 Å². The van der Waals surface area contributed by atoms with Crippen LogP contribution in [0.15, 0.2) is 17.1 Å². The summed E-state index contributed by atoms with van der Waals surface area (Å²) in [6, 6.07) is 1.05. The number of aliphatic hydroxyl groups excluding tert-OH is 3. The molecule has 1 saturated heterocycles. The van der Waals surface area contributed by atoms with Crippen LogP contribution in [0.25, 0.3) is 0 Å². The molecule has 0 saturated carbocycles. The minimum atomic E-state index is -4.83. The molecule has 22 heavy (non-hydrogen) atoms. The lowest BCUT2D eigenvalue weighted by molar-refractivity contribution is -0.234. The van der Waals surface area contributed by atoms with Crippen LogP contribution in [-0.4, -0.2) is 56.0 Å². The number of rotatable bonds is 3. The maximum absolute atomic E-state index is 12.9. The molecule has 4 atom stereocenters. The summed E-state index contributed by atoms with van der Waals surface area (Å²) >= 11 is 0. The molecular formula is C11H14F3N3O5. The molecule has 0 spiro atoms. The third kappa shape index (κ3) is 2.79. The standard InChI is InChI=1S/C11H14F3N3O5/c12-11(13,14)4-10(8(20)7(19)5(3-18)22-10)17-2-1-6(15)16-9(17)21/h1-2,5,7-8,18-20H,3-4H2,(H2,15,16,21)/t5-,7-,8-,10-/m1/s1. The van der Waals surface area contributed by atoms with Gasteiger partial charge in [0, 0.05) is 6.20 Å². The Bertz CT molecular complexity index is 607. The minimum absolute atomic E-state index is 0.227. The average molecular weight is 325 g/mol. The fourth-order valence-electron chi connectivity index (χ4n) is 2.44. The summed E-state index contributed by atoms with van der Waals surface area (Å²) in [5, 5.41) is 28.8. The van der Waals surface area contributed by atoms with E-state index in [-0.39, 0.29) is 5.82 Å². The molecule has 11 heteroatoms. The molecule has 5 N–H and O–H groups in total. The van der Waals surface area contributed by atoms with E-state index in [0.717, 1.165) is 12.3 Å². The van der Waals surface area contributed by atoms with Crippen LogP contribution in [0.5, 0.6) is 0 Å². The SMILES string of the molecule is Nc1ccn([C@]2(CC(F)(F)F)O[C@H](CO)[C@@H](O)[C@H]2O)c(=O)n1. The lowest BCUT2D eigenvalue weighted by atomic mass is 9.98. The zero-order chi connectivity index (χ0) is 16.7. The number of aromatic nitrogens is 2. The van der Waals surface area contributed by atoms with Crippen molar-refractivity contribution in [1.29, 1.82) is 0 Å². The van der Waals surface area contributed by atoms with Crippen molar-refractivity contribution >= 4 is 5.82 Å². The number of anilines is 1. The van der Waals surface area contributed by atoms with Gasteiger partial charge in [0.2, 0.25) is 0 Å². The number of aliphatic hydroxyl groups is 3. The largest absolute Gasteiger partial charge is 0.394 e. The summed E-state index contributed by atoms with van der Waals surface area (Å²) in [5.74, 6) is -0.227. The number of halogens is 3. The van der Waals surface area contributed by atoms with Gasteiger partial charge in [-0.2, -0.15) is 18.2 Å². The van der Waals surface area contributed by atoms with E-state index < -0.39 is 48.9 Å². The lowest BCUT2D eigenvalue weighted by Crippen LogP contribution is -2.52. The second-order valence-electron chi connectivity index (χ2n) is 4.92. The highest BCUT2D eigenvalue weighted by Gasteiger charge is 2.60. The number of ether oxygens (including phenoxy) is 1. The number of nitrogens with zero attached hydrogens (tertiary/aromatic N) is 2. The van der Waals surface area contributed by atoms with E-state index in [2.05, 4.69) is 4.98 Å². The molecule has 0 amide bonds. The van der Waals surface area contributed by atoms with Crippen LogP contribution < -0.4 is 11.4 Å². The number of alkyl halides is 3. The maximum Gasteiger partial charge on any atom is 0.393 e. The van der Waals surface area contributed by atoms with Gasteiger partial charge in [0.05, 0.1) is 13.0 Å². The van der Waals surface area contributed by atoms with E-state index in [9.17, 15) is 28.2 Å². The number of nitrogen functional groups attached to an aromatic ring is 1. The summed E-state index contributed by atoms with van der Waals surface area (Å²) in [6.07, 6.45) is -11.1. The van der Waals surface area contributed by atoms with Crippen molar-refractivity contribution in [2.75, 3.05) is 12.3 Å². The van der Waals surface area contributed by atoms with Crippen LogP contribution in [0.1, 0.15) is 6.42 Å². The van der Waals surface area contributed by atoms with Crippen molar-refractivity contribution in [1.82, 2.24) is 9.55 Å². The second kappa shape index (κ2) is 5.50. The molecule has 1 aromatic rings. The van der Waals surface area contributed by atoms with Gasteiger partial charge in [-0.1, -0.05) is 0 Å². The van der Waals surface area contributed by atoms with Gasteiger partial charge in [-0.3, -0.25) is 4.57 Å². The fraction of sp³-hybridized carbons (Fsp3) is 0.636. The Morgan fingerprint density at radius 3 is 2.55 bits per heavy atom. The Hall–Kier alpha value is -1.69. The molecule has 0 radical (unpaired) electrons. The number of nitrogens with two attached hydrogens (primary N) is 1. The molecule has 0 aromatic carbocycles. The zero-order valence-corrected chi connectivity index (χ0v) is 11.1. The minimum Gasteiger partial charge on any atom is -0.394 e. The lowest BCUT2D eigenvalue weighted by Gasteiger charge is -2.34. The molecular weight excluding hydrogens is 311 g/mol. The molecule has 0 aliphatic carbocycles. The van der Waals surface area contributed by atoms with Gasteiger partial charge in [-0.25, -0.2) is 4.79 Å². The summed E-state index contributed by atoms with van der Waals surface area (Å²) < 4.78 is 44.1. The third-order valence-corrected chi connectivity index (χ3v) is 3.39. The van der Waals surface area contributed by atoms with Crippen LogP contribution >= 0.6 is 0 Å². The molecule has 2 rings (SSSR count). The summed E-state index contributed by atoms with van der Waals surface area (Å²) in [4.78, 5) is 15.1. The van der Waals surface area contributed by atoms with Crippen LogP contribution in [0.3, 0.4) is 0 Å². The summed E-state index contributed by atoms with van der Waals surface area (Å²) in [7, 11) is 0. The molecule has 2 heterocycles. The van der Waals surface area contributed by atoms with Crippen LogP contribution in [0, 0.1) is 0 Å². The van der Waals surface area contributed by atoms with Crippen molar-refractivity contribution in [2.45, 2.75) is 36.6 Å². The first-order valence-electron chi connectivity index (χ1n) is 6.18. The molecule has 1 aliphatic heterocycles. The first kappa shape index (κ1) is 16.7. The summed E-state index contributed by atoms with van der Waals surface area (Å²) in [5.41, 5.74) is 1.45. The first-order chi connectivity index (χ1) is 10.1. The molecule has 1 aliphatic rings. The molecule has 8 nitrogen and oxygen atoms in total. The molecule has 0 bridgehead atoms. The van der Waals surface area contributed by atoms with E-state index in [1.165, 1.54) is 0 Å². The monoisotopic (exact) mass is 325 g/mol. The number of hydrogen-bond donors (Lipinski definition) is 4. The average Bonchev–Trinajstić information content (AvgIpc) is 2.62. The van der Waals surface area contributed by atoms with E-state index in [1.54, 1.807) is 0 Å². The van der Waals surface area contributed by atoms with Gasteiger partial charge < -0.3 is 25.8 Å². The maximum atomic E-state index is 12.9. The van der Waals surface area contributed by atoms with E-state index in [4.69, 9.17) is 15.6 Å². The first-order valence-corrected chi connectivity index (χ1v) is 6.18. The van der Waals surface area contributed by atoms with Gasteiger partial charge in [-0.15, -0.1) is 0 Å². The van der Waals surface area contributed by atoms with Gasteiger partial charge in [0.15, 0.2) is 5.72 Å².